The number of rotatable bonds is 5. The van der Waals surface area contributed by atoms with Crippen LogP contribution in [0.5, 0.6) is 5.75 Å². The molecule has 2 aromatic rings. The summed E-state index contributed by atoms with van der Waals surface area (Å²) in [4.78, 5) is 24.0. The fourth-order valence-electron chi connectivity index (χ4n) is 2.05. The van der Waals surface area contributed by atoms with E-state index in [1.807, 2.05) is 19.9 Å². The van der Waals surface area contributed by atoms with Crippen molar-refractivity contribution in [2.24, 2.45) is 0 Å². The Hall–Kier alpha value is -2.14. The van der Waals surface area contributed by atoms with Crippen LogP contribution in [0.4, 0.5) is 5.69 Å². The van der Waals surface area contributed by atoms with Gasteiger partial charge in [-0.25, -0.2) is 0 Å². The largest absolute Gasteiger partial charge is 0.490 e. The average Bonchev–Trinajstić information content (AvgIpc) is 2.48. The van der Waals surface area contributed by atoms with Gasteiger partial charge in [0.2, 0.25) is 0 Å². The standard InChI is InChI=1S/C18H18BrNO3/c1-11(2)23-17-8-7-14(19)10-16(17)18(22)20-15-6-4-5-13(9-15)12(3)21/h4-11H,1-3H3,(H,20,22). The lowest BCUT2D eigenvalue weighted by atomic mass is 10.1. The first-order valence-corrected chi connectivity index (χ1v) is 8.04. The Morgan fingerprint density at radius 2 is 1.87 bits per heavy atom. The number of ether oxygens (including phenoxy) is 1. The van der Waals surface area contributed by atoms with Gasteiger partial charge in [-0.2, -0.15) is 0 Å². The summed E-state index contributed by atoms with van der Waals surface area (Å²) in [5.74, 6) is 0.179. The molecule has 0 fully saturated rings. The molecule has 0 saturated heterocycles. The molecule has 1 amide bonds. The van der Waals surface area contributed by atoms with Crippen molar-refractivity contribution < 1.29 is 14.3 Å². The van der Waals surface area contributed by atoms with Crippen molar-refractivity contribution in [3.8, 4) is 5.75 Å². The van der Waals surface area contributed by atoms with E-state index in [1.54, 1.807) is 36.4 Å². The lowest BCUT2D eigenvalue weighted by molar-refractivity contribution is 0.100. The second-order valence-corrected chi connectivity index (χ2v) is 6.31. The highest BCUT2D eigenvalue weighted by Gasteiger charge is 2.15. The first-order chi connectivity index (χ1) is 10.9. The fourth-order valence-corrected chi connectivity index (χ4v) is 2.41. The van der Waals surface area contributed by atoms with Crippen molar-refractivity contribution in [3.63, 3.8) is 0 Å². The number of carbonyl (C=O) groups excluding carboxylic acids is 2. The first-order valence-electron chi connectivity index (χ1n) is 7.25. The van der Waals surface area contributed by atoms with Crippen molar-refractivity contribution in [1.29, 1.82) is 0 Å². The lowest BCUT2D eigenvalue weighted by Gasteiger charge is -2.14. The molecule has 0 aliphatic carbocycles. The van der Waals surface area contributed by atoms with Gasteiger partial charge < -0.3 is 10.1 Å². The molecule has 5 heteroatoms. The van der Waals surface area contributed by atoms with E-state index in [-0.39, 0.29) is 17.8 Å². The van der Waals surface area contributed by atoms with E-state index in [9.17, 15) is 9.59 Å². The van der Waals surface area contributed by atoms with Crippen LogP contribution in [-0.4, -0.2) is 17.8 Å². The Labute approximate surface area is 144 Å². The van der Waals surface area contributed by atoms with Gasteiger partial charge in [-0.05, 0) is 51.1 Å². The Morgan fingerprint density at radius 3 is 2.52 bits per heavy atom. The molecule has 0 aliphatic rings. The van der Waals surface area contributed by atoms with Crippen LogP contribution in [0, 0.1) is 0 Å². The van der Waals surface area contributed by atoms with Crippen molar-refractivity contribution in [2.45, 2.75) is 26.9 Å². The Morgan fingerprint density at radius 1 is 1.13 bits per heavy atom. The Bertz CT molecular complexity index is 741. The predicted octanol–water partition coefficient (Wildman–Crippen LogP) is 4.69. The smallest absolute Gasteiger partial charge is 0.259 e. The molecule has 0 spiro atoms. The molecule has 0 atom stereocenters. The summed E-state index contributed by atoms with van der Waals surface area (Å²) in [5.41, 5.74) is 1.55. The molecule has 0 radical (unpaired) electrons. The number of ketones is 1. The van der Waals surface area contributed by atoms with Gasteiger partial charge in [-0.15, -0.1) is 0 Å². The summed E-state index contributed by atoms with van der Waals surface area (Å²) < 4.78 is 6.47. The van der Waals surface area contributed by atoms with Gasteiger partial charge in [0.25, 0.3) is 5.91 Å². The summed E-state index contributed by atoms with van der Waals surface area (Å²) >= 11 is 3.37. The van der Waals surface area contributed by atoms with E-state index in [0.29, 0.717) is 22.6 Å². The van der Waals surface area contributed by atoms with Crippen molar-refractivity contribution in [3.05, 3.63) is 58.1 Å². The summed E-state index contributed by atoms with van der Waals surface area (Å²) in [6.07, 6.45) is -0.0382. The molecular weight excluding hydrogens is 358 g/mol. The summed E-state index contributed by atoms with van der Waals surface area (Å²) in [7, 11) is 0. The molecule has 120 valence electrons. The van der Waals surface area contributed by atoms with E-state index < -0.39 is 0 Å². The predicted molar refractivity (Wildman–Crippen MR) is 94.3 cm³/mol. The SMILES string of the molecule is CC(=O)c1cccc(NC(=O)c2cc(Br)ccc2OC(C)C)c1. The summed E-state index contributed by atoms with van der Waals surface area (Å²) in [5, 5.41) is 2.80. The van der Waals surface area contributed by atoms with Crippen LogP contribution in [-0.2, 0) is 0 Å². The van der Waals surface area contributed by atoms with E-state index in [1.165, 1.54) is 6.92 Å². The quantitative estimate of drug-likeness (QED) is 0.771. The lowest BCUT2D eigenvalue weighted by Crippen LogP contribution is -2.16. The van der Waals surface area contributed by atoms with Gasteiger partial charge >= 0.3 is 0 Å². The molecule has 0 aromatic heterocycles. The van der Waals surface area contributed by atoms with Crippen LogP contribution in [0.25, 0.3) is 0 Å². The minimum atomic E-state index is -0.289. The van der Waals surface area contributed by atoms with E-state index in [0.717, 1.165) is 4.47 Å². The summed E-state index contributed by atoms with van der Waals surface area (Å²) in [6.45, 7) is 5.30. The number of carbonyl (C=O) groups is 2. The van der Waals surface area contributed by atoms with Crippen LogP contribution >= 0.6 is 15.9 Å². The van der Waals surface area contributed by atoms with Crippen molar-refractivity contribution in [2.75, 3.05) is 5.32 Å². The third-order valence-corrected chi connectivity index (χ3v) is 3.57. The monoisotopic (exact) mass is 375 g/mol. The topological polar surface area (TPSA) is 55.4 Å². The average molecular weight is 376 g/mol. The third kappa shape index (κ3) is 4.66. The third-order valence-electron chi connectivity index (χ3n) is 3.08. The Kier molecular flexibility index (Phi) is 5.55. The second kappa shape index (κ2) is 7.42. The molecule has 1 N–H and O–H groups in total. The minimum Gasteiger partial charge on any atom is -0.490 e. The van der Waals surface area contributed by atoms with Crippen LogP contribution in [0.1, 0.15) is 41.5 Å². The molecule has 0 bridgehead atoms. The van der Waals surface area contributed by atoms with Crippen molar-refractivity contribution >= 4 is 33.3 Å². The van der Waals surface area contributed by atoms with Gasteiger partial charge in [0.15, 0.2) is 5.78 Å². The van der Waals surface area contributed by atoms with Crippen molar-refractivity contribution in [1.82, 2.24) is 0 Å². The molecule has 2 aromatic carbocycles. The van der Waals surface area contributed by atoms with E-state index in [4.69, 9.17) is 4.74 Å². The van der Waals surface area contributed by atoms with Gasteiger partial charge in [-0.3, -0.25) is 9.59 Å². The molecule has 0 aliphatic heterocycles. The highest BCUT2D eigenvalue weighted by Crippen LogP contribution is 2.25. The zero-order chi connectivity index (χ0) is 17.0. The maximum Gasteiger partial charge on any atom is 0.259 e. The molecular formula is C18H18BrNO3. The maximum atomic E-state index is 12.6. The number of benzene rings is 2. The van der Waals surface area contributed by atoms with Gasteiger partial charge in [0, 0.05) is 15.7 Å². The van der Waals surface area contributed by atoms with Crippen LogP contribution in [0.15, 0.2) is 46.9 Å². The number of hydrogen-bond donors (Lipinski definition) is 1. The van der Waals surface area contributed by atoms with E-state index in [2.05, 4.69) is 21.2 Å². The summed E-state index contributed by atoms with van der Waals surface area (Å²) in [6, 6.07) is 12.1. The maximum absolute atomic E-state index is 12.6. The number of anilines is 1. The minimum absolute atomic E-state index is 0.0382. The Balaban J connectivity index is 2.28. The van der Waals surface area contributed by atoms with E-state index >= 15 is 0 Å². The number of nitrogens with one attached hydrogen (secondary N) is 1. The molecule has 2 rings (SSSR count). The number of hydrogen-bond acceptors (Lipinski definition) is 3. The van der Waals surface area contributed by atoms with Gasteiger partial charge in [0.05, 0.1) is 11.7 Å². The van der Waals surface area contributed by atoms with Crippen LogP contribution in [0.2, 0.25) is 0 Å². The van der Waals surface area contributed by atoms with Crippen LogP contribution < -0.4 is 10.1 Å². The van der Waals surface area contributed by atoms with Gasteiger partial charge in [-0.1, -0.05) is 28.1 Å². The molecule has 0 heterocycles. The number of halogens is 1. The highest BCUT2D eigenvalue weighted by molar-refractivity contribution is 9.10. The second-order valence-electron chi connectivity index (χ2n) is 5.40. The zero-order valence-corrected chi connectivity index (χ0v) is 14.8. The van der Waals surface area contributed by atoms with Crippen LogP contribution in [0.3, 0.4) is 0 Å². The molecule has 0 unspecified atom stereocenters. The number of Topliss-reactive ketones (excluding diaryl/α,β-unsaturated/α-hetero) is 1. The number of amides is 1. The zero-order valence-electron chi connectivity index (χ0n) is 13.2. The fraction of sp³-hybridized carbons (Fsp3) is 0.222. The highest BCUT2D eigenvalue weighted by atomic mass is 79.9. The molecule has 23 heavy (non-hydrogen) atoms. The normalized spacial score (nSPS) is 10.5. The van der Waals surface area contributed by atoms with Gasteiger partial charge in [0.1, 0.15) is 5.75 Å². The molecule has 0 saturated carbocycles. The molecule has 4 nitrogen and oxygen atoms in total. The first kappa shape index (κ1) is 17.2.